The SMILES string of the molecule is CCC(NC(=O)NCC(C)(O)c1ccccc1)c1cccs1. The summed E-state index contributed by atoms with van der Waals surface area (Å²) in [7, 11) is 0. The van der Waals surface area contributed by atoms with Gasteiger partial charge in [0.15, 0.2) is 0 Å². The van der Waals surface area contributed by atoms with E-state index in [0.29, 0.717) is 0 Å². The van der Waals surface area contributed by atoms with E-state index in [4.69, 9.17) is 0 Å². The van der Waals surface area contributed by atoms with Crippen LogP contribution in [0.2, 0.25) is 0 Å². The van der Waals surface area contributed by atoms with Gasteiger partial charge in [-0.1, -0.05) is 43.3 Å². The average molecular weight is 318 g/mol. The highest BCUT2D eigenvalue weighted by molar-refractivity contribution is 7.10. The predicted octanol–water partition coefficient (Wildman–Crippen LogP) is 3.41. The molecule has 0 saturated heterocycles. The molecule has 2 unspecified atom stereocenters. The van der Waals surface area contributed by atoms with E-state index in [0.717, 1.165) is 16.9 Å². The van der Waals surface area contributed by atoms with Gasteiger partial charge in [0, 0.05) is 4.88 Å². The molecule has 5 heteroatoms. The molecule has 0 aliphatic heterocycles. The summed E-state index contributed by atoms with van der Waals surface area (Å²) >= 11 is 1.63. The molecule has 0 aliphatic rings. The number of carbonyl (C=O) groups excluding carboxylic acids is 1. The Kier molecular flexibility index (Phi) is 5.57. The van der Waals surface area contributed by atoms with Crippen molar-refractivity contribution in [2.24, 2.45) is 0 Å². The van der Waals surface area contributed by atoms with E-state index in [1.54, 1.807) is 18.3 Å². The van der Waals surface area contributed by atoms with Gasteiger partial charge in [-0.3, -0.25) is 0 Å². The third-order valence-electron chi connectivity index (χ3n) is 3.59. The van der Waals surface area contributed by atoms with Crippen LogP contribution in [0.3, 0.4) is 0 Å². The molecule has 0 saturated carbocycles. The number of thiophene rings is 1. The van der Waals surface area contributed by atoms with Gasteiger partial charge >= 0.3 is 6.03 Å². The minimum absolute atomic E-state index is 0.00155. The summed E-state index contributed by atoms with van der Waals surface area (Å²) in [5.41, 5.74) is -0.316. The first-order chi connectivity index (χ1) is 10.5. The van der Waals surface area contributed by atoms with Crippen LogP contribution in [-0.4, -0.2) is 17.7 Å². The lowest BCUT2D eigenvalue weighted by molar-refractivity contribution is 0.0592. The Morgan fingerprint density at radius 1 is 1.27 bits per heavy atom. The molecule has 0 radical (unpaired) electrons. The number of carbonyl (C=O) groups is 1. The second-order valence-electron chi connectivity index (χ2n) is 5.44. The van der Waals surface area contributed by atoms with E-state index >= 15 is 0 Å². The van der Waals surface area contributed by atoms with E-state index in [9.17, 15) is 9.90 Å². The molecule has 4 nitrogen and oxygen atoms in total. The Labute approximate surface area is 135 Å². The van der Waals surface area contributed by atoms with Crippen LogP contribution in [-0.2, 0) is 5.60 Å². The number of hydrogen-bond acceptors (Lipinski definition) is 3. The number of rotatable bonds is 6. The normalized spacial score (nSPS) is 14.9. The summed E-state index contributed by atoms with van der Waals surface area (Å²) in [6.07, 6.45) is 0.822. The monoisotopic (exact) mass is 318 g/mol. The van der Waals surface area contributed by atoms with Crippen molar-refractivity contribution in [1.82, 2.24) is 10.6 Å². The second kappa shape index (κ2) is 7.42. The zero-order valence-electron chi connectivity index (χ0n) is 12.9. The zero-order valence-corrected chi connectivity index (χ0v) is 13.7. The van der Waals surface area contributed by atoms with Crippen molar-refractivity contribution in [2.45, 2.75) is 31.9 Å². The molecule has 2 amide bonds. The first kappa shape index (κ1) is 16.5. The Morgan fingerprint density at radius 3 is 2.59 bits per heavy atom. The van der Waals surface area contributed by atoms with Crippen molar-refractivity contribution >= 4 is 17.4 Å². The van der Waals surface area contributed by atoms with Gasteiger partial charge in [0.05, 0.1) is 12.6 Å². The fourth-order valence-corrected chi connectivity index (χ4v) is 3.09. The summed E-state index contributed by atoms with van der Waals surface area (Å²) < 4.78 is 0. The van der Waals surface area contributed by atoms with Crippen LogP contribution >= 0.6 is 11.3 Å². The van der Waals surface area contributed by atoms with Crippen molar-refractivity contribution in [1.29, 1.82) is 0 Å². The number of amides is 2. The van der Waals surface area contributed by atoms with E-state index < -0.39 is 5.60 Å². The summed E-state index contributed by atoms with van der Waals surface area (Å²) in [5.74, 6) is 0. The molecule has 2 atom stereocenters. The molecule has 0 fully saturated rings. The number of nitrogens with one attached hydrogen (secondary N) is 2. The third-order valence-corrected chi connectivity index (χ3v) is 4.58. The molecule has 0 bridgehead atoms. The van der Waals surface area contributed by atoms with Crippen molar-refractivity contribution in [3.8, 4) is 0 Å². The topological polar surface area (TPSA) is 61.4 Å². The van der Waals surface area contributed by atoms with Gasteiger partial charge in [-0.15, -0.1) is 11.3 Å². The maximum atomic E-state index is 12.1. The Morgan fingerprint density at radius 2 is 2.00 bits per heavy atom. The summed E-state index contributed by atoms with van der Waals surface area (Å²) in [6, 6.07) is 13.0. The lowest BCUT2D eigenvalue weighted by Crippen LogP contribution is -2.44. The summed E-state index contributed by atoms with van der Waals surface area (Å²) in [6.45, 7) is 3.88. The smallest absolute Gasteiger partial charge is 0.315 e. The second-order valence-corrected chi connectivity index (χ2v) is 6.42. The van der Waals surface area contributed by atoms with E-state index in [2.05, 4.69) is 10.6 Å². The van der Waals surface area contributed by atoms with Gasteiger partial charge in [-0.05, 0) is 30.4 Å². The average Bonchev–Trinajstić information content (AvgIpc) is 3.06. The molecule has 2 rings (SSSR count). The summed E-state index contributed by atoms with van der Waals surface area (Å²) in [4.78, 5) is 13.2. The van der Waals surface area contributed by atoms with Gasteiger partial charge < -0.3 is 15.7 Å². The molecule has 1 heterocycles. The van der Waals surface area contributed by atoms with Crippen LogP contribution in [0.15, 0.2) is 47.8 Å². The molecule has 118 valence electrons. The molecule has 0 aliphatic carbocycles. The predicted molar refractivity (Wildman–Crippen MR) is 89.9 cm³/mol. The van der Waals surface area contributed by atoms with Crippen molar-refractivity contribution < 1.29 is 9.90 Å². The maximum Gasteiger partial charge on any atom is 0.315 e. The maximum absolute atomic E-state index is 12.1. The summed E-state index contributed by atoms with van der Waals surface area (Å²) in [5, 5.41) is 18.2. The minimum Gasteiger partial charge on any atom is -0.384 e. The van der Waals surface area contributed by atoms with Crippen molar-refractivity contribution in [3.63, 3.8) is 0 Å². The minimum atomic E-state index is -1.09. The van der Waals surface area contributed by atoms with Gasteiger partial charge in [0.2, 0.25) is 0 Å². The fourth-order valence-electron chi connectivity index (χ4n) is 2.22. The Balaban J connectivity index is 1.90. The molecule has 1 aromatic carbocycles. The quantitative estimate of drug-likeness (QED) is 0.764. The van der Waals surface area contributed by atoms with Crippen LogP contribution in [0.25, 0.3) is 0 Å². The number of benzene rings is 1. The van der Waals surface area contributed by atoms with Crippen LogP contribution in [0.5, 0.6) is 0 Å². The van der Waals surface area contributed by atoms with E-state index in [-0.39, 0.29) is 18.6 Å². The Hall–Kier alpha value is -1.85. The van der Waals surface area contributed by atoms with Crippen LogP contribution < -0.4 is 10.6 Å². The van der Waals surface area contributed by atoms with Gasteiger partial charge in [0.1, 0.15) is 5.60 Å². The highest BCUT2D eigenvalue weighted by Crippen LogP contribution is 2.22. The Bertz CT molecular complexity index is 582. The first-order valence-electron chi connectivity index (χ1n) is 7.38. The third kappa shape index (κ3) is 4.32. The van der Waals surface area contributed by atoms with Gasteiger partial charge in [-0.25, -0.2) is 4.79 Å². The lowest BCUT2D eigenvalue weighted by atomic mass is 9.96. The molecular formula is C17H22N2O2S. The molecule has 1 aromatic heterocycles. The van der Waals surface area contributed by atoms with E-state index in [1.165, 1.54) is 0 Å². The van der Waals surface area contributed by atoms with Gasteiger partial charge in [0.25, 0.3) is 0 Å². The van der Waals surface area contributed by atoms with Crippen LogP contribution in [0.4, 0.5) is 4.79 Å². The van der Waals surface area contributed by atoms with Crippen LogP contribution in [0.1, 0.15) is 36.8 Å². The fraction of sp³-hybridized carbons (Fsp3) is 0.353. The molecule has 3 N–H and O–H groups in total. The zero-order chi connectivity index (χ0) is 16.0. The van der Waals surface area contributed by atoms with Crippen molar-refractivity contribution in [2.75, 3.05) is 6.54 Å². The molecular weight excluding hydrogens is 296 g/mol. The molecule has 0 spiro atoms. The highest BCUT2D eigenvalue weighted by atomic mass is 32.1. The lowest BCUT2D eigenvalue weighted by Gasteiger charge is -2.25. The van der Waals surface area contributed by atoms with Crippen molar-refractivity contribution in [3.05, 3.63) is 58.3 Å². The number of aliphatic hydroxyl groups is 1. The van der Waals surface area contributed by atoms with Gasteiger partial charge in [-0.2, -0.15) is 0 Å². The molecule has 2 aromatic rings. The van der Waals surface area contributed by atoms with Crippen LogP contribution in [0, 0.1) is 0 Å². The largest absolute Gasteiger partial charge is 0.384 e. The van der Waals surface area contributed by atoms with E-state index in [1.807, 2.05) is 54.8 Å². The number of urea groups is 1. The first-order valence-corrected chi connectivity index (χ1v) is 8.26. The standard InChI is InChI=1S/C17H22N2O2S/c1-3-14(15-10-7-11-22-15)19-16(20)18-12-17(2,21)13-8-5-4-6-9-13/h4-11,14,21H,3,12H2,1-2H3,(H2,18,19,20). The number of hydrogen-bond donors (Lipinski definition) is 3. The highest BCUT2D eigenvalue weighted by Gasteiger charge is 2.24. The molecule has 22 heavy (non-hydrogen) atoms.